The van der Waals surface area contributed by atoms with E-state index in [1.807, 2.05) is 44.2 Å². The summed E-state index contributed by atoms with van der Waals surface area (Å²) >= 11 is 1.27. The molecule has 0 radical (unpaired) electrons. The molecule has 2 N–H and O–H groups in total. The van der Waals surface area contributed by atoms with E-state index >= 15 is 0 Å². The summed E-state index contributed by atoms with van der Waals surface area (Å²) < 4.78 is 2.89. The molecule has 5 rings (SSSR count). The molecule has 0 unspecified atom stereocenters. The first kappa shape index (κ1) is 23.5. The van der Waals surface area contributed by atoms with Gasteiger partial charge in [-0.3, -0.25) is 23.5 Å². The van der Waals surface area contributed by atoms with E-state index in [0.29, 0.717) is 32.8 Å². The topological polar surface area (TPSA) is 113 Å². The molecule has 8 nitrogen and oxygen atoms in total. The highest BCUT2D eigenvalue weighted by Crippen LogP contribution is 2.26. The highest BCUT2D eigenvalue weighted by Gasteiger charge is 2.18. The molecule has 0 spiro atoms. The highest BCUT2D eigenvalue weighted by atomic mass is 32.2. The highest BCUT2D eigenvalue weighted by molar-refractivity contribution is 7.98. The Morgan fingerprint density at radius 2 is 1.53 bits per heavy atom. The quantitative estimate of drug-likeness (QED) is 0.284. The second kappa shape index (κ2) is 9.43. The van der Waals surface area contributed by atoms with Gasteiger partial charge in [-0.2, -0.15) is 0 Å². The molecule has 2 aromatic heterocycles. The first-order chi connectivity index (χ1) is 17.3. The lowest BCUT2D eigenvalue weighted by atomic mass is 10.1. The molecule has 9 heteroatoms. The lowest BCUT2D eigenvalue weighted by molar-refractivity contribution is -0.118. The molecular weight excluding hydrogens is 474 g/mol. The number of aromatic nitrogens is 4. The summed E-state index contributed by atoms with van der Waals surface area (Å²) in [4.78, 5) is 47.9. The van der Waals surface area contributed by atoms with Crippen molar-refractivity contribution in [3.63, 3.8) is 0 Å². The Hall–Kier alpha value is -4.24. The van der Waals surface area contributed by atoms with Gasteiger partial charge < -0.3 is 5.73 Å². The second-order valence-corrected chi connectivity index (χ2v) is 9.48. The fraction of sp³-hybridized carbons (Fsp3) is 0.148. The Bertz CT molecular complexity index is 1770. The Morgan fingerprint density at radius 3 is 2.19 bits per heavy atom. The van der Waals surface area contributed by atoms with E-state index in [2.05, 4.69) is 4.98 Å². The van der Waals surface area contributed by atoms with Gasteiger partial charge in [-0.05, 0) is 49.7 Å². The Morgan fingerprint density at radius 1 is 0.889 bits per heavy atom. The molecule has 0 aliphatic rings. The Kier molecular flexibility index (Phi) is 6.15. The van der Waals surface area contributed by atoms with Gasteiger partial charge in [0.2, 0.25) is 5.91 Å². The number of para-hydroxylation sites is 2. The van der Waals surface area contributed by atoms with Gasteiger partial charge in [0.15, 0.2) is 5.16 Å². The van der Waals surface area contributed by atoms with E-state index in [-0.39, 0.29) is 23.4 Å². The Balaban J connectivity index is 1.67. The van der Waals surface area contributed by atoms with Gasteiger partial charge >= 0.3 is 0 Å². The molecule has 3 aromatic carbocycles. The van der Waals surface area contributed by atoms with Crippen molar-refractivity contribution >= 4 is 39.5 Å². The van der Waals surface area contributed by atoms with E-state index in [0.717, 1.165) is 16.8 Å². The van der Waals surface area contributed by atoms with E-state index in [4.69, 9.17) is 10.7 Å². The minimum atomic E-state index is -0.642. The zero-order valence-corrected chi connectivity index (χ0v) is 20.6. The lowest BCUT2D eigenvalue weighted by Gasteiger charge is -2.16. The van der Waals surface area contributed by atoms with Crippen LogP contribution in [0.15, 0.2) is 81.5 Å². The van der Waals surface area contributed by atoms with E-state index < -0.39 is 5.91 Å². The van der Waals surface area contributed by atoms with Gasteiger partial charge in [0, 0.05) is 0 Å². The summed E-state index contributed by atoms with van der Waals surface area (Å²) in [5.74, 6) is -0.0724. The normalized spacial score (nSPS) is 11.3. The number of amides is 1. The molecule has 0 saturated heterocycles. The monoisotopic (exact) mass is 497 g/mol. The molecular formula is C27H23N5O3S. The summed E-state index contributed by atoms with van der Waals surface area (Å²) in [5, 5.41) is 1.37. The van der Waals surface area contributed by atoms with Crippen LogP contribution in [0, 0.1) is 13.8 Å². The number of aryl methyl sites for hydroxylation is 2. The number of hydrogen-bond donors (Lipinski definition) is 1. The van der Waals surface area contributed by atoms with Crippen molar-refractivity contribution < 1.29 is 4.79 Å². The van der Waals surface area contributed by atoms with Gasteiger partial charge in [0.1, 0.15) is 12.4 Å². The SMILES string of the molecule is Cc1ccc(-n2c(SCc3nc4ccccc4c(=O)n3CC(N)=O)nc3ccccc3c2=O)c(C)c1. The standard InChI is InChI=1S/C27H23N5O3S/c1-16-11-12-22(17(2)13-16)32-26(35)19-8-4-6-10-21(19)30-27(32)36-15-24-29-20-9-5-3-7-18(20)25(34)31(24)14-23(28)33/h3-13H,14-15H2,1-2H3,(H2,28,33). The van der Waals surface area contributed by atoms with Crippen molar-refractivity contribution in [3.8, 4) is 5.69 Å². The van der Waals surface area contributed by atoms with Crippen LogP contribution in [-0.4, -0.2) is 25.0 Å². The number of benzene rings is 3. The maximum absolute atomic E-state index is 13.6. The molecule has 5 aromatic rings. The minimum absolute atomic E-state index is 0.184. The van der Waals surface area contributed by atoms with Gasteiger partial charge in [-0.15, -0.1) is 0 Å². The van der Waals surface area contributed by atoms with Gasteiger partial charge in [0.05, 0.1) is 33.2 Å². The van der Waals surface area contributed by atoms with Crippen molar-refractivity contribution in [2.75, 3.05) is 0 Å². The third kappa shape index (κ3) is 4.29. The predicted octanol–water partition coefficient (Wildman–Crippen LogP) is 3.49. The van der Waals surface area contributed by atoms with E-state index in [1.54, 1.807) is 41.0 Å². The average Bonchev–Trinajstić information content (AvgIpc) is 2.85. The third-order valence-electron chi connectivity index (χ3n) is 5.92. The van der Waals surface area contributed by atoms with Gasteiger partial charge in [0.25, 0.3) is 11.1 Å². The number of fused-ring (bicyclic) bond motifs is 2. The predicted molar refractivity (Wildman–Crippen MR) is 142 cm³/mol. The zero-order chi connectivity index (χ0) is 25.4. The fourth-order valence-corrected chi connectivity index (χ4v) is 5.20. The first-order valence-corrected chi connectivity index (χ1v) is 12.3. The van der Waals surface area contributed by atoms with Crippen LogP contribution in [0.4, 0.5) is 0 Å². The van der Waals surface area contributed by atoms with Gasteiger partial charge in [-0.25, -0.2) is 9.97 Å². The van der Waals surface area contributed by atoms with Crippen molar-refractivity contribution in [2.24, 2.45) is 5.73 Å². The molecule has 0 fully saturated rings. The van der Waals surface area contributed by atoms with E-state index in [1.165, 1.54) is 16.3 Å². The molecule has 36 heavy (non-hydrogen) atoms. The van der Waals surface area contributed by atoms with Crippen LogP contribution in [0.5, 0.6) is 0 Å². The third-order valence-corrected chi connectivity index (χ3v) is 6.86. The number of primary amides is 1. The summed E-state index contributed by atoms with van der Waals surface area (Å²) in [5.41, 5.74) is 8.76. The summed E-state index contributed by atoms with van der Waals surface area (Å²) in [6, 6.07) is 20.0. The maximum atomic E-state index is 13.6. The van der Waals surface area contributed by atoms with Crippen LogP contribution in [0.2, 0.25) is 0 Å². The Labute approximate surface area is 210 Å². The number of thioether (sulfide) groups is 1. The molecule has 0 aliphatic carbocycles. The molecule has 2 heterocycles. The van der Waals surface area contributed by atoms with E-state index in [9.17, 15) is 14.4 Å². The lowest BCUT2D eigenvalue weighted by Crippen LogP contribution is -2.31. The van der Waals surface area contributed by atoms with Crippen LogP contribution in [-0.2, 0) is 17.1 Å². The molecule has 1 amide bonds. The summed E-state index contributed by atoms with van der Waals surface area (Å²) in [6.07, 6.45) is 0. The number of hydrogen-bond acceptors (Lipinski definition) is 6. The molecule has 180 valence electrons. The number of carbonyl (C=O) groups is 1. The molecule has 0 bridgehead atoms. The number of carbonyl (C=O) groups excluding carboxylic acids is 1. The zero-order valence-electron chi connectivity index (χ0n) is 19.8. The number of nitrogens with zero attached hydrogens (tertiary/aromatic N) is 4. The van der Waals surface area contributed by atoms with Crippen LogP contribution in [0.25, 0.3) is 27.5 Å². The molecule has 0 aliphatic heterocycles. The minimum Gasteiger partial charge on any atom is -0.368 e. The molecule has 0 atom stereocenters. The summed E-state index contributed by atoms with van der Waals surface area (Å²) in [6.45, 7) is 3.66. The van der Waals surface area contributed by atoms with Crippen molar-refractivity contribution in [3.05, 3.63) is 104 Å². The number of nitrogens with two attached hydrogens (primary N) is 1. The van der Waals surface area contributed by atoms with Crippen molar-refractivity contribution in [2.45, 2.75) is 31.3 Å². The van der Waals surface area contributed by atoms with Crippen LogP contribution in [0.3, 0.4) is 0 Å². The van der Waals surface area contributed by atoms with Crippen molar-refractivity contribution in [1.29, 1.82) is 0 Å². The first-order valence-electron chi connectivity index (χ1n) is 11.3. The number of rotatable bonds is 6. The fourth-order valence-electron chi connectivity index (χ4n) is 4.25. The van der Waals surface area contributed by atoms with Crippen LogP contribution >= 0.6 is 11.8 Å². The van der Waals surface area contributed by atoms with Crippen LogP contribution < -0.4 is 16.9 Å². The van der Waals surface area contributed by atoms with Crippen molar-refractivity contribution in [1.82, 2.24) is 19.1 Å². The smallest absolute Gasteiger partial charge is 0.266 e. The maximum Gasteiger partial charge on any atom is 0.266 e. The second-order valence-electron chi connectivity index (χ2n) is 8.53. The average molecular weight is 498 g/mol. The summed E-state index contributed by atoms with van der Waals surface area (Å²) in [7, 11) is 0. The molecule has 0 saturated carbocycles. The van der Waals surface area contributed by atoms with Gasteiger partial charge in [-0.1, -0.05) is 53.7 Å². The largest absolute Gasteiger partial charge is 0.368 e. The van der Waals surface area contributed by atoms with Crippen LogP contribution in [0.1, 0.15) is 17.0 Å².